The molecule has 0 aromatic rings. The van der Waals surface area contributed by atoms with Crippen LogP contribution >= 0.6 is 0 Å². The Balaban J connectivity index is 1.87. The number of nitrogens with zero attached hydrogens (tertiary/aromatic N) is 1. The molecule has 2 rings (SSSR count). The van der Waals surface area contributed by atoms with E-state index in [1.165, 1.54) is 11.3 Å². The quantitative estimate of drug-likeness (QED) is 0.827. The molecule has 0 aromatic heterocycles. The van der Waals surface area contributed by atoms with Gasteiger partial charge in [0.1, 0.15) is 0 Å². The highest BCUT2D eigenvalue weighted by atomic mass is 19.3. The van der Waals surface area contributed by atoms with Gasteiger partial charge in [-0.05, 0) is 18.8 Å². The number of likely N-dealkylation sites (tertiary alicyclic amines) is 1. The number of amides is 1. The van der Waals surface area contributed by atoms with E-state index in [4.69, 9.17) is 5.73 Å². The molecule has 104 valence electrons. The number of hydrogen-bond donors (Lipinski definition) is 1. The van der Waals surface area contributed by atoms with E-state index in [0.717, 1.165) is 25.7 Å². The summed E-state index contributed by atoms with van der Waals surface area (Å²) in [5.41, 5.74) is 6.01. The number of carbonyl (C=O) groups excluding carboxylic acids is 1. The molecule has 3 nitrogen and oxygen atoms in total. The maximum Gasteiger partial charge on any atom is 0.251 e. The van der Waals surface area contributed by atoms with Gasteiger partial charge in [0.05, 0.1) is 6.04 Å². The number of piperidine rings is 1. The van der Waals surface area contributed by atoms with E-state index in [1.807, 2.05) is 0 Å². The number of alkyl halides is 2. The van der Waals surface area contributed by atoms with Crippen LogP contribution in [0.25, 0.3) is 0 Å². The van der Waals surface area contributed by atoms with Gasteiger partial charge < -0.3 is 10.6 Å². The molecule has 0 bridgehead atoms. The summed E-state index contributed by atoms with van der Waals surface area (Å²) in [4.78, 5) is 13.7. The van der Waals surface area contributed by atoms with Crippen LogP contribution in [-0.2, 0) is 4.79 Å². The van der Waals surface area contributed by atoms with Crippen molar-refractivity contribution in [3.05, 3.63) is 0 Å². The van der Waals surface area contributed by atoms with Crippen LogP contribution in [0.2, 0.25) is 0 Å². The highest BCUT2D eigenvalue weighted by Gasteiger charge is 2.38. The number of carbonyl (C=O) groups is 1. The minimum absolute atomic E-state index is 0.127. The summed E-state index contributed by atoms with van der Waals surface area (Å²) in [7, 11) is 0. The van der Waals surface area contributed by atoms with E-state index in [2.05, 4.69) is 0 Å². The molecule has 18 heavy (non-hydrogen) atoms. The summed E-state index contributed by atoms with van der Waals surface area (Å²) < 4.78 is 26.1. The highest BCUT2D eigenvalue weighted by molar-refractivity contribution is 5.82. The van der Waals surface area contributed by atoms with Crippen molar-refractivity contribution < 1.29 is 13.6 Å². The van der Waals surface area contributed by atoms with Crippen LogP contribution in [0.3, 0.4) is 0 Å². The third-order valence-corrected chi connectivity index (χ3v) is 4.25. The van der Waals surface area contributed by atoms with Crippen molar-refractivity contribution in [2.24, 2.45) is 11.7 Å². The van der Waals surface area contributed by atoms with Crippen molar-refractivity contribution >= 4 is 5.91 Å². The second-order valence-corrected chi connectivity index (χ2v) is 5.61. The Hall–Kier alpha value is -0.710. The molecule has 1 heterocycles. The molecule has 0 spiro atoms. The minimum Gasteiger partial charge on any atom is -0.341 e. The zero-order valence-electron chi connectivity index (χ0n) is 10.7. The van der Waals surface area contributed by atoms with Crippen LogP contribution in [0.15, 0.2) is 0 Å². The summed E-state index contributed by atoms with van der Waals surface area (Å²) in [6, 6.07) is -0.489. The zero-order chi connectivity index (χ0) is 13.2. The Kier molecular flexibility index (Phi) is 4.20. The van der Waals surface area contributed by atoms with Crippen molar-refractivity contribution in [3.63, 3.8) is 0 Å². The second-order valence-electron chi connectivity index (χ2n) is 5.61. The third-order valence-electron chi connectivity index (χ3n) is 4.25. The van der Waals surface area contributed by atoms with Crippen LogP contribution in [0.5, 0.6) is 0 Å². The molecule has 1 saturated carbocycles. The fraction of sp³-hybridized carbons (Fsp3) is 0.923. The number of rotatable bonds is 2. The van der Waals surface area contributed by atoms with Crippen LogP contribution in [-0.4, -0.2) is 35.9 Å². The largest absolute Gasteiger partial charge is 0.341 e. The highest BCUT2D eigenvalue weighted by Crippen LogP contribution is 2.30. The molecule has 0 unspecified atom stereocenters. The molecule has 2 aliphatic rings. The van der Waals surface area contributed by atoms with Crippen LogP contribution in [0.4, 0.5) is 8.78 Å². The molecule has 2 N–H and O–H groups in total. The molecule has 0 radical (unpaired) electrons. The minimum atomic E-state index is -2.61. The van der Waals surface area contributed by atoms with Gasteiger partial charge in [-0.3, -0.25) is 4.79 Å². The third kappa shape index (κ3) is 3.19. The first-order valence-corrected chi connectivity index (χ1v) is 6.92. The molecule has 5 heteroatoms. The summed E-state index contributed by atoms with van der Waals surface area (Å²) in [5.74, 6) is -2.49. The van der Waals surface area contributed by atoms with Crippen molar-refractivity contribution in [3.8, 4) is 0 Å². The van der Waals surface area contributed by atoms with Gasteiger partial charge >= 0.3 is 0 Å². The summed E-state index contributed by atoms with van der Waals surface area (Å²) in [5, 5.41) is 0. The fourth-order valence-corrected chi connectivity index (χ4v) is 2.96. The fourth-order valence-electron chi connectivity index (χ4n) is 2.96. The van der Waals surface area contributed by atoms with Gasteiger partial charge in [0.25, 0.3) is 5.92 Å². The van der Waals surface area contributed by atoms with E-state index in [-0.39, 0.29) is 37.8 Å². The average molecular weight is 260 g/mol. The van der Waals surface area contributed by atoms with Gasteiger partial charge in [-0.15, -0.1) is 0 Å². The second kappa shape index (κ2) is 5.51. The maximum atomic E-state index is 13.0. The Bertz CT molecular complexity index is 293. The Morgan fingerprint density at radius 1 is 1.17 bits per heavy atom. The first kappa shape index (κ1) is 13.7. The van der Waals surface area contributed by atoms with Crippen molar-refractivity contribution in [2.75, 3.05) is 13.1 Å². The number of halogens is 2. The lowest BCUT2D eigenvalue weighted by molar-refractivity contribution is -0.140. The summed E-state index contributed by atoms with van der Waals surface area (Å²) >= 11 is 0. The van der Waals surface area contributed by atoms with E-state index in [1.54, 1.807) is 0 Å². The van der Waals surface area contributed by atoms with E-state index >= 15 is 0 Å². The average Bonchev–Trinajstić information content (AvgIpc) is 2.38. The molecule has 1 amide bonds. The molecule has 2 fully saturated rings. The molecule has 1 atom stereocenters. The molecule has 1 aliphatic heterocycles. The van der Waals surface area contributed by atoms with Crippen LogP contribution in [0.1, 0.15) is 44.9 Å². The predicted octanol–water partition coefficient (Wildman–Crippen LogP) is 2.15. The van der Waals surface area contributed by atoms with Crippen LogP contribution in [0, 0.1) is 5.92 Å². The summed E-state index contributed by atoms with van der Waals surface area (Å²) in [6.45, 7) is 0.290. The summed E-state index contributed by atoms with van der Waals surface area (Å²) in [6.07, 6.45) is 5.01. The van der Waals surface area contributed by atoms with Crippen molar-refractivity contribution in [1.82, 2.24) is 4.90 Å². The number of nitrogens with two attached hydrogens (primary N) is 1. The standard InChI is InChI=1S/C13H22F2N2O/c14-13(15)6-8-17(9-7-13)12(18)11(16)10-4-2-1-3-5-10/h10-11H,1-9,16H2/t11-/m0/s1. The lowest BCUT2D eigenvalue weighted by atomic mass is 9.83. The number of hydrogen-bond acceptors (Lipinski definition) is 2. The Morgan fingerprint density at radius 3 is 2.28 bits per heavy atom. The van der Waals surface area contributed by atoms with Gasteiger partial charge in [0, 0.05) is 25.9 Å². The lowest BCUT2D eigenvalue weighted by Gasteiger charge is -2.35. The maximum absolute atomic E-state index is 13.0. The normalized spacial score (nSPS) is 26.9. The Morgan fingerprint density at radius 2 is 1.72 bits per heavy atom. The first-order valence-electron chi connectivity index (χ1n) is 6.92. The van der Waals surface area contributed by atoms with E-state index < -0.39 is 12.0 Å². The molecule has 0 aromatic carbocycles. The monoisotopic (exact) mass is 260 g/mol. The predicted molar refractivity (Wildman–Crippen MR) is 65.3 cm³/mol. The van der Waals surface area contributed by atoms with Crippen molar-refractivity contribution in [1.29, 1.82) is 0 Å². The van der Waals surface area contributed by atoms with Gasteiger partial charge in [0.15, 0.2) is 0 Å². The van der Waals surface area contributed by atoms with Gasteiger partial charge in [0.2, 0.25) is 5.91 Å². The molecular formula is C13H22F2N2O. The molecule has 1 aliphatic carbocycles. The van der Waals surface area contributed by atoms with E-state index in [9.17, 15) is 13.6 Å². The molecule has 1 saturated heterocycles. The van der Waals surface area contributed by atoms with Gasteiger partial charge in [-0.2, -0.15) is 0 Å². The first-order chi connectivity index (χ1) is 8.49. The Labute approximate surface area is 107 Å². The lowest BCUT2D eigenvalue weighted by Crippen LogP contribution is -2.52. The van der Waals surface area contributed by atoms with E-state index in [0.29, 0.717) is 0 Å². The zero-order valence-corrected chi connectivity index (χ0v) is 10.7. The SMILES string of the molecule is N[C@H](C(=O)N1CCC(F)(F)CC1)C1CCCCC1. The molecular weight excluding hydrogens is 238 g/mol. The topological polar surface area (TPSA) is 46.3 Å². The van der Waals surface area contributed by atoms with Crippen molar-refractivity contribution in [2.45, 2.75) is 56.9 Å². The van der Waals surface area contributed by atoms with Crippen LogP contribution < -0.4 is 5.73 Å². The smallest absolute Gasteiger partial charge is 0.251 e. The van der Waals surface area contributed by atoms with Gasteiger partial charge in [-0.1, -0.05) is 19.3 Å². The van der Waals surface area contributed by atoms with Gasteiger partial charge in [-0.25, -0.2) is 8.78 Å².